The first kappa shape index (κ1) is 18.8. The van der Waals surface area contributed by atoms with Crippen molar-refractivity contribution < 1.29 is 0 Å². The van der Waals surface area contributed by atoms with Gasteiger partial charge in [-0.05, 0) is 49.6 Å². The number of hydrogen-bond acceptors (Lipinski definition) is 7. The van der Waals surface area contributed by atoms with E-state index in [4.69, 9.17) is 11.6 Å². The molecule has 2 aromatic heterocycles. The highest BCUT2D eigenvalue weighted by Crippen LogP contribution is 2.46. The predicted molar refractivity (Wildman–Crippen MR) is 122 cm³/mol. The van der Waals surface area contributed by atoms with Gasteiger partial charge in [0.05, 0.1) is 12.2 Å². The van der Waals surface area contributed by atoms with Crippen LogP contribution in [0, 0.1) is 5.41 Å². The van der Waals surface area contributed by atoms with Gasteiger partial charge in [0.2, 0.25) is 5.95 Å². The summed E-state index contributed by atoms with van der Waals surface area (Å²) < 4.78 is 2.27. The Morgan fingerprint density at radius 1 is 0.969 bits per heavy atom. The van der Waals surface area contributed by atoms with Crippen LogP contribution in [0.25, 0.3) is 5.69 Å². The van der Waals surface area contributed by atoms with Crippen LogP contribution in [0.2, 0.25) is 5.02 Å². The van der Waals surface area contributed by atoms with Gasteiger partial charge < -0.3 is 9.80 Å². The zero-order chi connectivity index (χ0) is 21.5. The third kappa shape index (κ3) is 2.79. The molecule has 1 spiro atoms. The van der Waals surface area contributed by atoms with E-state index >= 15 is 0 Å². The molecule has 3 aliphatic heterocycles. The minimum absolute atomic E-state index is 0.262. The van der Waals surface area contributed by atoms with Crippen LogP contribution in [-0.2, 0) is 13.1 Å². The Morgan fingerprint density at radius 2 is 1.78 bits per heavy atom. The summed E-state index contributed by atoms with van der Waals surface area (Å²) in [5.41, 5.74) is 2.99. The van der Waals surface area contributed by atoms with Crippen molar-refractivity contribution in [2.45, 2.75) is 38.4 Å². The van der Waals surface area contributed by atoms with Crippen LogP contribution in [-0.4, -0.2) is 61.4 Å². The number of rotatable bonds is 3. The predicted octanol–water partition coefficient (Wildman–Crippen LogP) is 2.91. The molecule has 0 amide bonds. The fourth-order valence-electron chi connectivity index (χ4n) is 5.57. The third-order valence-corrected chi connectivity index (χ3v) is 7.94. The van der Waals surface area contributed by atoms with Gasteiger partial charge in [-0.2, -0.15) is 0 Å². The summed E-state index contributed by atoms with van der Waals surface area (Å²) in [6.07, 6.45) is 5.90. The molecule has 0 N–H and O–H groups in total. The van der Waals surface area contributed by atoms with E-state index in [2.05, 4.69) is 58.5 Å². The van der Waals surface area contributed by atoms with Gasteiger partial charge in [0.25, 0.3) is 0 Å². The number of fused-ring (bicyclic) bond motifs is 3. The fraction of sp³-hybridized carbons (Fsp3) is 0.478. The summed E-state index contributed by atoms with van der Waals surface area (Å²) in [4.78, 5) is 15.7. The number of anilines is 2. The van der Waals surface area contributed by atoms with Gasteiger partial charge >= 0.3 is 0 Å². The first-order valence-electron chi connectivity index (χ1n) is 11.3. The van der Waals surface area contributed by atoms with Crippen molar-refractivity contribution in [2.75, 3.05) is 36.0 Å². The lowest BCUT2D eigenvalue weighted by Crippen LogP contribution is -2.73. The second-order valence-electron chi connectivity index (χ2n) is 10.2. The van der Waals surface area contributed by atoms with Crippen LogP contribution < -0.4 is 9.80 Å². The second kappa shape index (κ2) is 6.42. The standard InChI is InChI=1S/C23H25ClN8/c1-22(5-6-22)31-9-16-8-17(24)2-3-18(16)32-20(10-31)27-28-21(32)30-13-23(14-30)11-29(12-23)19-4-7-25-15-26-19/h2-4,7-8,15H,5-6,9-14H2,1H3. The van der Waals surface area contributed by atoms with Crippen molar-refractivity contribution in [3.8, 4) is 5.69 Å². The Labute approximate surface area is 191 Å². The molecule has 164 valence electrons. The highest BCUT2D eigenvalue weighted by Gasteiger charge is 2.53. The molecule has 32 heavy (non-hydrogen) atoms. The number of benzene rings is 1. The molecule has 1 saturated carbocycles. The molecular formula is C23H25ClN8. The van der Waals surface area contributed by atoms with Gasteiger partial charge in [-0.1, -0.05) is 11.6 Å². The molecule has 4 aliphatic rings. The number of aromatic nitrogens is 5. The Bertz CT molecular complexity index is 1190. The van der Waals surface area contributed by atoms with Crippen molar-refractivity contribution in [1.82, 2.24) is 29.6 Å². The first-order chi connectivity index (χ1) is 15.5. The van der Waals surface area contributed by atoms with E-state index in [1.54, 1.807) is 12.5 Å². The largest absolute Gasteiger partial charge is 0.355 e. The Morgan fingerprint density at radius 3 is 2.53 bits per heavy atom. The van der Waals surface area contributed by atoms with E-state index < -0.39 is 0 Å². The molecule has 0 radical (unpaired) electrons. The van der Waals surface area contributed by atoms with E-state index in [-0.39, 0.29) is 5.54 Å². The maximum absolute atomic E-state index is 6.39. The average molecular weight is 449 g/mol. The van der Waals surface area contributed by atoms with E-state index in [1.807, 2.05) is 12.1 Å². The zero-order valence-electron chi connectivity index (χ0n) is 18.1. The highest BCUT2D eigenvalue weighted by atomic mass is 35.5. The van der Waals surface area contributed by atoms with Crippen molar-refractivity contribution in [1.29, 1.82) is 0 Å². The lowest BCUT2D eigenvalue weighted by Gasteiger charge is -2.60. The molecule has 3 fully saturated rings. The van der Waals surface area contributed by atoms with Gasteiger partial charge in [0.15, 0.2) is 5.82 Å². The molecule has 1 aromatic carbocycles. The molecule has 7 rings (SSSR count). The molecule has 9 heteroatoms. The topological polar surface area (TPSA) is 66.2 Å². The molecule has 5 heterocycles. The van der Waals surface area contributed by atoms with Gasteiger partial charge in [0, 0.05) is 54.9 Å². The third-order valence-electron chi connectivity index (χ3n) is 7.70. The van der Waals surface area contributed by atoms with Crippen LogP contribution in [0.4, 0.5) is 11.8 Å². The van der Waals surface area contributed by atoms with Crippen LogP contribution >= 0.6 is 11.6 Å². The van der Waals surface area contributed by atoms with Crippen LogP contribution in [0.1, 0.15) is 31.2 Å². The van der Waals surface area contributed by atoms with Gasteiger partial charge in [-0.3, -0.25) is 9.47 Å². The van der Waals surface area contributed by atoms with E-state index in [0.717, 1.165) is 67.6 Å². The first-order valence-corrected chi connectivity index (χ1v) is 11.6. The van der Waals surface area contributed by atoms with Crippen molar-refractivity contribution in [2.24, 2.45) is 5.41 Å². The second-order valence-corrected chi connectivity index (χ2v) is 10.6. The van der Waals surface area contributed by atoms with Crippen LogP contribution in [0.5, 0.6) is 0 Å². The lowest BCUT2D eigenvalue weighted by atomic mass is 9.73. The molecule has 2 saturated heterocycles. The van der Waals surface area contributed by atoms with Crippen molar-refractivity contribution in [3.05, 3.63) is 53.2 Å². The summed E-state index contributed by atoms with van der Waals surface area (Å²) in [7, 11) is 0. The molecule has 8 nitrogen and oxygen atoms in total. The maximum atomic E-state index is 6.39. The van der Waals surface area contributed by atoms with E-state index in [1.165, 1.54) is 18.4 Å². The average Bonchev–Trinajstić information content (AvgIpc) is 3.40. The Kier molecular flexibility index (Phi) is 3.78. The maximum Gasteiger partial charge on any atom is 0.231 e. The summed E-state index contributed by atoms with van der Waals surface area (Å²) >= 11 is 6.39. The van der Waals surface area contributed by atoms with Crippen molar-refractivity contribution >= 4 is 23.4 Å². The molecule has 0 bridgehead atoms. The lowest BCUT2D eigenvalue weighted by molar-refractivity contribution is 0.153. The summed E-state index contributed by atoms with van der Waals surface area (Å²) in [6, 6.07) is 8.20. The van der Waals surface area contributed by atoms with Gasteiger partial charge in [-0.25, -0.2) is 9.97 Å². The minimum atomic E-state index is 0.262. The van der Waals surface area contributed by atoms with Gasteiger partial charge in [-0.15, -0.1) is 10.2 Å². The Balaban J connectivity index is 1.17. The summed E-state index contributed by atoms with van der Waals surface area (Å²) in [5, 5.41) is 10.1. The van der Waals surface area contributed by atoms with Crippen molar-refractivity contribution in [3.63, 3.8) is 0 Å². The van der Waals surface area contributed by atoms with E-state index in [0.29, 0.717) is 5.41 Å². The number of nitrogens with zero attached hydrogens (tertiary/aromatic N) is 8. The summed E-state index contributed by atoms with van der Waals surface area (Å²) in [6.45, 7) is 8.11. The Hall–Kier alpha value is -2.71. The zero-order valence-corrected chi connectivity index (χ0v) is 18.8. The van der Waals surface area contributed by atoms with Crippen LogP contribution in [0.3, 0.4) is 0 Å². The molecule has 3 aromatic rings. The van der Waals surface area contributed by atoms with E-state index in [9.17, 15) is 0 Å². The monoisotopic (exact) mass is 448 g/mol. The smallest absolute Gasteiger partial charge is 0.231 e. The molecule has 1 aliphatic carbocycles. The summed E-state index contributed by atoms with van der Waals surface area (Å²) in [5.74, 6) is 2.99. The number of halogens is 1. The highest BCUT2D eigenvalue weighted by molar-refractivity contribution is 6.30. The van der Waals surface area contributed by atoms with Gasteiger partial charge in [0.1, 0.15) is 12.1 Å². The molecule has 0 unspecified atom stereocenters. The minimum Gasteiger partial charge on any atom is -0.355 e. The fourth-order valence-corrected chi connectivity index (χ4v) is 5.77. The molecule has 0 atom stereocenters. The number of hydrogen-bond donors (Lipinski definition) is 0. The molecular weight excluding hydrogens is 424 g/mol. The SMILES string of the molecule is CC1(N2Cc3cc(Cl)ccc3-n3c(nnc3N3CC4(CN(c5ccncn5)C4)C3)C2)CC1. The quantitative estimate of drug-likeness (QED) is 0.610. The normalized spacial score (nSPS) is 22.6. The van der Waals surface area contributed by atoms with Crippen LogP contribution in [0.15, 0.2) is 36.8 Å².